The molecule has 0 saturated heterocycles. The van der Waals surface area contributed by atoms with E-state index in [0.717, 1.165) is 11.1 Å². The van der Waals surface area contributed by atoms with Gasteiger partial charge in [0.1, 0.15) is 0 Å². The van der Waals surface area contributed by atoms with Crippen molar-refractivity contribution in [1.82, 2.24) is 0 Å². The number of nitro groups is 1. The average Bonchev–Trinajstić information content (AvgIpc) is 3.21. The molecule has 0 N–H and O–H groups in total. The van der Waals surface area contributed by atoms with Crippen molar-refractivity contribution in [2.75, 3.05) is 4.31 Å². The van der Waals surface area contributed by atoms with Gasteiger partial charge in [0.05, 0.1) is 16.7 Å². The van der Waals surface area contributed by atoms with E-state index in [1.807, 2.05) is 78.9 Å². The molecule has 0 bridgehead atoms. The monoisotopic (exact) mass is 494 g/mol. The van der Waals surface area contributed by atoms with Crippen LogP contribution in [0.2, 0.25) is 0 Å². The number of hydrogen-bond acceptors (Lipinski definition) is 4. The summed E-state index contributed by atoms with van der Waals surface area (Å²) < 4.78 is 29.7. The molecule has 0 spiro atoms. The fraction of sp³-hybridized carbons (Fsp3) is 0.0345. The number of sulfonamides is 1. The van der Waals surface area contributed by atoms with Gasteiger partial charge in [0.15, 0.2) is 4.90 Å². The summed E-state index contributed by atoms with van der Waals surface area (Å²) in [5.41, 5.74) is 3.66. The summed E-state index contributed by atoms with van der Waals surface area (Å²) in [4.78, 5) is 10.7. The molecule has 1 atom stereocenters. The first-order valence-electron chi connectivity index (χ1n) is 11.3. The van der Waals surface area contributed by atoms with Crippen LogP contribution in [0.3, 0.4) is 0 Å². The van der Waals surface area contributed by atoms with Gasteiger partial charge in [-0.05, 0) is 40.5 Å². The average molecular weight is 495 g/mol. The van der Waals surface area contributed by atoms with E-state index in [1.165, 1.54) is 28.6 Å². The van der Waals surface area contributed by atoms with Crippen molar-refractivity contribution in [1.29, 1.82) is 0 Å². The molecule has 36 heavy (non-hydrogen) atoms. The minimum Gasteiger partial charge on any atom is -0.258 e. The number of nitro benzene ring substituents is 1. The minimum atomic E-state index is -4.37. The van der Waals surface area contributed by atoms with Gasteiger partial charge in [0.2, 0.25) is 0 Å². The molecule has 1 heterocycles. The van der Waals surface area contributed by atoms with Gasteiger partial charge < -0.3 is 0 Å². The Kier molecular flexibility index (Phi) is 6.00. The van der Waals surface area contributed by atoms with Crippen LogP contribution < -0.4 is 4.31 Å². The van der Waals surface area contributed by atoms with Crippen molar-refractivity contribution < 1.29 is 13.3 Å². The van der Waals surface area contributed by atoms with Crippen molar-refractivity contribution in [3.05, 3.63) is 143 Å². The summed E-state index contributed by atoms with van der Waals surface area (Å²) in [5.74, 6) is 0. The molecule has 178 valence electrons. The van der Waals surface area contributed by atoms with E-state index in [9.17, 15) is 18.5 Å². The second kappa shape index (κ2) is 9.28. The maximum Gasteiger partial charge on any atom is 0.289 e. The van der Waals surface area contributed by atoms with Crippen LogP contribution in [0.25, 0.3) is 17.2 Å². The number of hydrogen-bond donors (Lipinski definition) is 0. The fourth-order valence-corrected chi connectivity index (χ4v) is 6.37. The molecule has 0 amide bonds. The van der Waals surface area contributed by atoms with E-state index in [0.29, 0.717) is 22.4 Å². The summed E-state index contributed by atoms with van der Waals surface area (Å²) in [7, 11) is -4.37. The summed E-state index contributed by atoms with van der Waals surface area (Å²) in [6, 6.07) is 30.8. The highest BCUT2D eigenvalue weighted by Crippen LogP contribution is 2.48. The predicted octanol–water partition coefficient (Wildman–Crippen LogP) is 6.43. The maximum atomic E-state index is 14.2. The SMILES string of the molecule is C=C1c2ccccc2N(S(=O)(=O)c2ccccc2[N+](=O)[O-])[C@H]1/C(=C/c1ccccc1)c1ccccc1. The first-order chi connectivity index (χ1) is 17.4. The Morgan fingerprint density at radius 3 is 2.11 bits per heavy atom. The molecule has 0 aliphatic carbocycles. The summed E-state index contributed by atoms with van der Waals surface area (Å²) in [6.45, 7) is 4.30. The van der Waals surface area contributed by atoms with Crippen LogP contribution in [0, 0.1) is 10.1 Å². The smallest absolute Gasteiger partial charge is 0.258 e. The number of anilines is 1. The normalized spacial score (nSPS) is 15.6. The fourth-order valence-electron chi connectivity index (χ4n) is 4.56. The second-order valence-electron chi connectivity index (χ2n) is 8.35. The number of fused-ring (bicyclic) bond motifs is 1. The van der Waals surface area contributed by atoms with Crippen LogP contribution in [0.1, 0.15) is 16.7 Å². The van der Waals surface area contributed by atoms with Gasteiger partial charge in [-0.3, -0.25) is 14.4 Å². The molecule has 0 fully saturated rings. The summed E-state index contributed by atoms with van der Waals surface area (Å²) in [5, 5.41) is 11.8. The van der Waals surface area contributed by atoms with Crippen molar-refractivity contribution in [2.24, 2.45) is 0 Å². The second-order valence-corrected chi connectivity index (χ2v) is 10.1. The van der Waals surface area contributed by atoms with E-state index < -0.39 is 26.7 Å². The molecule has 4 aromatic carbocycles. The van der Waals surface area contributed by atoms with Gasteiger partial charge in [-0.15, -0.1) is 0 Å². The van der Waals surface area contributed by atoms with Gasteiger partial charge in [-0.2, -0.15) is 0 Å². The number of nitrogens with zero attached hydrogens (tertiary/aromatic N) is 2. The van der Waals surface area contributed by atoms with Gasteiger partial charge in [-0.1, -0.05) is 97.6 Å². The number of rotatable bonds is 6. The lowest BCUT2D eigenvalue weighted by Crippen LogP contribution is -2.38. The van der Waals surface area contributed by atoms with E-state index in [2.05, 4.69) is 6.58 Å². The molecule has 5 rings (SSSR count). The molecule has 4 aromatic rings. The lowest BCUT2D eigenvalue weighted by molar-refractivity contribution is -0.387. The van der Waals surface area contributed by atoms with Gasteiger partial charge in [0, 0.05) is 11.6 Å². The quantitative estimate of drug-likeness (QED) is 0.176. The topological polar surface area (TPSA) is 80.5 Å². The van der Waals surface area contributed by atoms with E-state index in [4.69, 9.17) is 0 Å². The molecular weight excluding hydrogens is 472 g/mol. The lowest BCUT2D eigenvalue weighted by atomic mass is 9.91. The Bertz CT molecular complexity index is 1600. The van der Waals surface area contributed by atoms with Crippen molar-refractivity contribution in [3.8, 4) is 0 Å². The van der Waals surface area contributed by atoms with Crippen LogP contribution >= 0.6 is 0 Å². The first kappa shape index (κ1) is 23.3. The van der Waals surface area contributed by atoms with E-state index in [-0.39, 0.29) is 4.90 Å². The molecule has 0 radical (unpaired) electrons. The Balaban J connectivity index is 1.78. The van der Waals surface area contributed by atoms with Crippen molar-refractivity contribution >= 4 is 38.6 Å². The highest BCUT2D eigenvalue weighted by atomic mass is 32.2. The predicted molar refractivity (Wildman–Crippen MR) is 143 cm³/mol. The van der Waals surface area contributed by atoms with Gasteiger partial charge >= 0.3 is 0 Å². The Hall–Kier alpha value is -4.49. The van der Waals surface area contributed by atoms with Crippen LogP contribution in [0.4, 0.5) is 11.4 Å². The number of benzene rings is 4. The summed E-state index contributed by atoms with van der Waals surface area (Å²) in [6.07, 6.45) is 1.94. The molecule has 0 saturated carbocycles. The van der Waals surface area contributed by atoms with Crippen LogP contribution in [0.15, 0.2) is 121 Å². The zero-order valence-corrected chi connectivity index (χ0v) is 20.0. The minimum absolute atomic E-state index is 0.364. The third-order valence-corrected chi connectivity index (χ3v) is 8.00. The molecule has 0 unspecified atom stereocenters. The van der Waals surface area contributed by atoms with Crippen LogP contribution in [-0.2, 0) is 10.0 Å². The zero-order valence-electron chi connectivity index (χ0n) is 19.2. The van der Waals surface area contributed by atoms with Crippen LogP contribution in [-0.4, -0.2) is 19.4 Å². The summed E-state index contributed by atoms with van der Waals surface area (Å²) >= 11 is 0. The molecule has 7 heteroatoms. The lowest BCUT2D eigenvalue weighted by Gasteiger charge is -2.29. The highest BCUT2D eigenvalue weighted by Gasteiger charge is 2.44. The van der Waals surface area contributed by atoms with Crippen LogP contribution in [0.5, 0.6) is 0 Å². The molecule has 6 nitrogen and oxygen atoms in total. The van der Waals surface area contributed by atoms with Gasteiger partial charge in [-0.25, -0.2) is 8.42 Å². The molecule has 0 aromatic heterocycles. The Morgan fingerprint density at radius 2 is 1.42 bits per heavy atom. The van der Waals surface area contributed by atoms with Crippen molar-refractivity contribution in [3.63, 3.8) is 0 Å². The Labute approximate surface area is 209 Å². The van der Waals surface area contributed by atoms with Gasteiger partial charge in [0.25, 0.3) is 15.7 Å². The van der Waals surface area contributed by atoms with Crippen molar-refractivity contribution in [2.45, 2.75) is 10.9 Å². The Morgan fingerprint density at radius 1 is 0.833 bits per heavy atom. The largest absolute Gasteiger partial charge is 0.289 e. The molecular formula is C29H22N2O4S. The zero-order chi connectivity index (χ0) is 25.3. The molecule has 1 aliphatic heterocycles. The third-order valence-electron chi connectivity index (χ3n) is 6.17. The third kappa shape index (κ3) is 3.99. The number of para-hydroxylation sites is 2. The first-order valence-corrected chi connectivity index (χ1v) is 12.7. The highest BCUT2D eigenvalue weighted by molar-refractivity contribution is 7.93. The standard InChI is InChI=1S/C29H22N2O4S/c1-21-24-16-8-9-17-26(24)30(36(34,35)28-19-11-10-18-27(28)31(32)33)29(21)25(23-14-6-3-7-15-23)20-22-12-4-2-5-13-22/h2-20,29H,1H2/b25-20+/t29-/m1/s1. The van der Waals surface area contributed by atoms with E-state index >= 15 is 0 Å². The van der Waals surface area contributed by atoms with E-state index in [1.54, 1.807) is 12.1 Å². The maximum absolute atomic E-state index is 14.2. The molecule has 1 aliphatic rings.